The average Bonchev–Trinajstić information content (AvgIpc) is 2.83. The van der Waals surface area contributed by atoms with Crippen LogP contribution in [0.3, 0.4) is 0 Å². The minimum absolute atomic E-state index is 0.202. The monoisotopic (exact) mass is 292 g/mol. The van der Waals surface area contributed by atoms with Gasteiger partial charge >= 0.3 is 5.97 Å². The van der Waals surface area contributed by atoms with E-state index >= 15 is 0 Å². The van der Waals surface area contributed by atoms with Crippen molar-refractivity contribution >= 4 is 23.0 Å². The van der Waals surface area contributed by atoms with E-state index in [9.17, 15) is 9.90 Å². The van der Waals surface area contributed by atoms with E-state index in [1.54, 1.807) is 0 Å². The molecule has 106 valence electrons. The van der Waals surface area contributed by atoms with Crippen LogP contribution in [-0.4, -0.2) is 37.3 Å². The summed E-state index contributed by atoms with van der Waals surface area (Å²) in [5.41, 5.74) is 2.46. The Kier molecular flexibility index (Phi) is 4.36. The highest BCUT2D eigenvalue weighted by Gasteiger charge is 2.17. The number of carboxylic acids is 1. The third-order valence-electron chi connectivity index (χ3n) is 2.80. The summed E-state index contributed by atoms with van der Waals surface area (Å²) < 4.78 is 4.99. The van der Waals surface area contributed by atoms with Gasteiger partial charge in [-0.2, -0.15) is 0 Å². The maximum absolute atomic E-state index is 11.2. The van der Waals surface area contributed by atoms with Crippen LogP contribution in [0.1, 0.15) is 15.4 Å². The van der Waals surface area contributed by atoms with E-state index in [2.05, 4.69) is 4.98 Å². The maximum atomic E-state index is 11.2. The number of benzene rings is 1. The number of hydrogen-bond acceptors (Lipinski definition) is 5. The molecular formula is C14H16N2O3S. The van der Waals surface area contributed by atoms with Gasteiger partial charge in [-0.1, -0.05) is 0 Å². The Morgan fingerprint density at radius 1 is 1.35 bits per heavy atom. The Morgan fingerprint density at radius 3 is 2.50 bits per heavy atom. The molecule has 5 nitrogen and oxygen atoms in total. The summed E-state index contributed by atoms with van der Waals surface area (Å²) in [5.74, 6) is -0.967. The lowest BCUT2D eigenvalue weighted by molar-refractivity contribution is 0.0697. The molecule has 0 aliphatic heterocycles. The van der Waals surface area contributed by atoms with Gasteiger partial charge < -0.3 is 14.7 Å². The molecule has 0 aliphatic rings. The number of aromatic carboxylic acids is 1. The average molecular weight is 292 g/mol. The molecule has 0 bridgehead atoms. The Morgan fingerprint density at radius 2 is 2.00 bits per heavy atom. The largest absolute Gasteiger partial charge is 0.477 e. The summed E-state index contributed by atoms with van der Waals surface area (Å²) in [6.07, 6.45) is 0. The molecule has 0 atom stereocenters. The van der Waals surface area contributed by atoms with Crippen molar-refractivity contribution < 1.29 is 14.6 Å². The molecule has 1 aromatic carbocycles. The van der Waals surface area contributed by atoms with Crippen LogP contribution in [0.2, 0.25) is 0 Å². The van der Waals surface area contributed by atoms with Crippen LogP contribution in [0.4, 0.5) is 5.69 Å². The SMILES string of the molecule is COCc1nc(-c2ccc(N(C)C)cc2)sc1C(=O)O. The van der Waals surface area contributed by atoms with Crippen LogP contribution in [0.15, 0.2) is 24.3 Å². The van der Waals surface area contributed by atoms with Gasteiger partial charge in [-0.25, -0.2) is 9.78 Å². The molecule has 20 heavy (non-hydrogen) atoms. The Bertz CT molecular complexity index is 605. The normalized spacial score (nSPS) is 10.6. The topological polar surface area (TPSA) is 62.7 Å². The lowest BCUT2D eigenvalue weighted by Crippen LogP contribution is -2.07. The molecule has 0 radical (unpaired) electrons. The van der Waals surface area contributed by atoms with E-state index < -0.39 is 5.97 Å². The molecule has 2 rings (SSSR count). The van der Waals surface area contributed by atoms with E-state index in [-0.39, 0.29) is 11.5 Å². The molecule has 1 heterocycles. The predicted molar refractivity (Wildman–Crippen MR) is 79.5 cm³/mol. The minimum Gasteiger partial charge on any atom is -0.477 e. The number of nitrogens with zero attached hydrogens (tertiary/aromatic N) is 2. The summed E-state index contributed by atoms with van der Waals surface area (Å²) in [5, 5.41) is 9.87. The van der Waals surface area contributed by atoms with Crippen molar-refractivity contribution in [1.82, 2.24) is 4.98 Å². The smallest absolute Gasteiger partial charge is 0.347 e. The van der Waals surface area contributed by atoms with Gasteiger partial charge in [0.05, 0.1) is 12.3 Å². The van der Waals surface area contributed by atoms with Crippen LogP contribution in [0, 0.1) is 0 Å². The van der Waals surface area contributed by atoms with E-state index in [0.717, 1.165) is 11.3 Å². The third kappa shape index (κ3) is 2.97. The Balaban J connectivity index is 2.37. The first-order chi connectivity index (χ1) is 9.52. The Hall–Kier alpha value is -1.92. The number of hydrogen-bond donors (Lipinski definition) is 1. The predicted octanol–water partition coefficient (Wildman–Crippen LogP) is 2.72. The van der Waals surface area contributed by atoms with Crippen molar-refractivity contribution in [3.8, 4) is 10.6 Å². The number of methoxy groups -OCH3 is 1. The number of carbonyl (C=O) groups is 1. The molecule has 0 fully saturated rings. The zero-order valence-corrected chi connectivity index (χ0v) is 12.4. The third-order valence-corrected chi connectivity index (χ3v) is 3.94. The van der Waals surface area contributed by atoms with Crippen LogP contribution < -0.4 is 4.90 Å². The fraction of sp³-hybridized carbons (Fsp3) is 0.286. The summed E-state index contributed by atoms with van der Waals surface area (Å²) in [7, 11) is 5.46. The molecule has 0 saturated heterocycles. The van der Waals surface area contributed by atoms with Crippen molar-refractivity contribution in [1.29, 1.82) is 0 Å². The van der Waals surface area contributed by atoms with Crippen LogP contribution in [0.5, 0.6) is 0 Å². The zero-order chi connectivity index (χ0) is 14.7. The van der Waals surface area contributed by atoms with Crippen molar-refractivity contribution in [3.63, 3.8) is 0 Å². The van der Waals surface area contributed by atoms with Crippen molar-refractivity contribution in [2.75, 3.05) is 26.1 Å². The van der Waals surface area contributed by atoms with Crippen molar-refractivity contribution in [2.45, 2.75) is 6.61 Å². The minimum atomic E-state index is -0.967. The molecule has 0 unspecified atom stereocenters. The fourth-order valence-electron chi connectivity index (χ4n) is 1.78. The quantitative estimate of drug-likeness (QED) is 0.918. The van der Waals surface area contributed by atoms with Crippen molar-refractivity contribution in [2.24, 2.45) is 0 Å². The van der Waals surface area contributed by atoms with E-state index in [0.29, 0.717) is 10.7 Å². The number of carboxylic acid groups (broad SMARTS) is 1. The molecule has 6 heteroatoms. The zero-order valence-electron chi connectivity index (χ0n) is 11.6. The lowest BCUT2D eigenvalue weighted by Gasteiger charge is -2.11. The number of ether oxygens (including phenoxy) is 1. The molecule has 0 spiro atoms. The van der Waals surface area contributed by atoms with Crippen LogP contribution in [0.25, 0.3) is 10.6 Å². The van der Waals surface area contributed by atoms with E-state index in [1.807, 2.05) is 43.3 Å². The molecule has 1 N–H and O–H groups in total. The van der Waals surface area contributed by atoms with Crippen molar-refractivity contribution in [3.05, 3.63) is 34.8 Å². The standard InChI is InChI=1S/C14H16N2O3S/c1-16(2)10-6-4-9(5-7-10)13-15-11(8-19-3)12(20-13)14(17)18/h4-7H,8H2,1-3H3,(H,17,18). The highest BCUT2D eigenvalue weighted by atomic mass is 32.1. The first-order valence-corrected chi connectivity index (χ1v) is 6.84. The summed E-state index contributed by atoms with van der Waals surface area (Å²) in [6.45, 7) is 0.202. The molecule has 0 amide bonds. The van der Waals surface area contributed by atoms with E-state index in [4.69, 9.17) is 4.74 Å². The Labute approximate surface area is 121 Å². The maximum Gasteiger partial charge on any atom is 0.347 e. The first kappa shape index (κ1) is 14.5. The van der Waals surface area contributed by atoms with E-state index in [1.165, 1.54) is 18.4 Å². The molecule has 0 aliphatic carbocycles. The molecular weight excluding hydrogens is 276 g/mol. The fourth-order valence-corrected chi connectivity index (χ4v) is 2.69. The molecule has 2 aromatic rings. The molecule has 1 aromatic heterocycles. The van der Waals surface area contributed by atoms with Gasteiger partial charge in [0.1, 0.15) is 9.88 Å². The number of rotatable bonds is 5. The number of aromatic nitrogens is 1. The van der Waals surface area contributed by atoms with Gasteiger partial charge in [0, 0.05) is 32.5 Å². The van der Waals surface area contributed by atoms with Gasteiger partial charge in [-0.3, -0.25) is 0 Å². The lowest BCUT2D eigenvalue weighted by atomic mass is 10.2. The highest BCUT2D eigenvalue weighted by Crippen LogP contribution is 2.29. The summed E-state index contributed by atoms with van der Waals surface area (Å²) in [6, 6.07) is 7.84. The van der Waals surface area contributed by atoms with Gasteiger partial charge in [0.25, 0.3) is 0 Å². The second-order valence-corrected chi connectivity index (χ2v) is 5.47. The summed E-state index contributed by atoms with van der Waals surface area (Å²) >= 11 is 1.17. The number of thiazole rings is 1. The second kappa shape index (κ2) is 6.02. The van der Waals surface area contributed by atoms with Gasteiger partial charge in [-0.05, 0) is 24.3 Å². The number of anilines is 1. The van der Waals surface area contributed by atoms with Crippen LogP contribution in [-0.2, 0) is 11.3 Å². The van der Waals surface area contributed by atoms with Gasteiger partial charge in [-0.15, -0.1) is 11.3 Å². The van der Waals surface area contributed by atoms with Crippen LogP contribution >= 0.6 is 11.3 Å². The molecule has 0 saturated carbocycles. The highest BCUT2D eigenvalue weighted by molar-refractivity contribution is 7.17. The second-order valence-electron chi connectivity index (χ2n) is 4.47. The van der Waals surface area contributed by atoms with Gasteiger partial charge in [0.2, 0.25) is 0 Å². The first-order valence-electron chi connectivity index (χ1n) is 6.02. The summed E-state index contributed by atoms with van der Waals surface area (Å²) in [4.78, 5) is 17.8. The van der Waals surface area contributed by atoms with Gasteiger partial charge in [0.15, 0.2) is 0 Å².